The van der Waals surface area contributed by atoms with Gasteiger partial charge in [-0.1, -0.05) is 45.0 Å². The number of carbonyl (C=O) groups excluding carboxylic acids is 1. The van der Waals surface area contributed by atoms with Crippen molar-refractivity contribution in [3.63, 3.8) is 0 Å². The summed E-state index contributed by atoms with van der Waals surface area (Å²) in [6.45, 7) is 7.71. The molecular formula is C26H29FN2O3. The highest BCUT2D eigenvalue weighted by Gasteiger charge is 2.42. The molecule has 168 valence electrons. The van der Waals surface area contributed by atoms with E-state index in [1.165, 1.54) is 18.2 Å². The fourth-order valence-corrected chi connectivity index (χ4v) is 4.29. The number of nitrogens with zero attached hydrogens (tertiary/aromatic N) is 2. The average Bonchev–Trinajstić information content (AvgIpc) is 3.00. The number of amides is 1. The van der Waals surface area contributed by atoms with Crippen molar-refractivity contribution in [3.8, 4) is 0 Å². The first-order chi connectivity index (χ1) is 15.1. The highest BCUT2D eigenvalue weighted by molar-refractivity contribution is 5.99. The lowest BCUT2D eigenvalue weighted by Gasteiger charge is -2.26. The van der Waals surface area contributed by atoms with Gasteiger partial charge in [-0.25, -0.2) is 4.39 Å². The van der Waals surface area contributed by atoms with Crippen LogP contribution in [0.5, 0.6) is 0 Å². The van der Waals surface area contributed by atoms with Gasteiger partial charge in [0, 0.05) is 6.54 Å². The molecule has 32 heavy (non-hydrogen) atoms. The van der Waals surface area contributed by atoms with Crippen LogP contribution in [0.4, 0.5) is 4.39 Å². The van der Waals surface area contributed by atoms with Gasteiger partial charge in [-0.15, -0.1) is 0 Å². The van der Waals surface area contributed by atoms with Crippen LogP contribution in [0.25, 0.3) is 11.0 Å². The number of hydrogen-bond donors (Lipinski definition) is 0. The number of carbonyl (C=O) groups is 1. The van der Waals surface area contributed by atoms with Crippen molar-refractivity contribution in [2.75, 3.05) is 27.2 Å². The van der Waals surface area contributed by atoms with Crippen molar-refractivity contribution < 1.29 is 13.6 Å². The van der Waals surface area contributed by atoms with E-state index in [0.717, 1.165) is 24.1 Å². The average molecular weight is 437 g/mol. The second-order valence-electron chi connectivity index (χ2n) is 9.74. The van der Waals surface area contributed by atoms with Crippen LogP contribution in [0, 0.1) is 5.82 Å². The molecule has 0 fully saturated rings. The summed E-state index contributed by atoms with van der Waals surface area (Å²) < 4.78 is 19.7. The van der Waals surface area contributed by atoms with E-state index in [2.05, 4.69) is 25.7 Å². The van der Waals surface area contributed by atoms with E-state index in [1.54, 1.807) is 4.90 Å². The Morgan fingerprint density at radius 1 is 1.06 bits per heavy atom. The lowest BCUT2D eigenvalue weighted by Crippen LogP contribution is -2.32. The quantitative estimate of drug-likeness (QED) is 0.580. The molecule has 0 bridgehead atoms. The molecule has 1 atom stereocenters. The molecule has 2 heterocycles. The summed E-state index contributed by atoms with van der Waals surface area (Å²) in [4.78, 5) is 30.6. The predicted molar refractivity (Wildman–Crippen MR) is 124 cm³/mol. The second kappa shape index (κ2) is 8.17. The number of rotatable bonds is 5. The van der Waals surface area contributed by atoms with E-state index >= 15 is 0 Å². The van der Waals surface area contributed by atoms with E-state index in [1.807, 2.05) is 38.4 Å². The molecule has 2 aromatic carbocycles. The zero-order valence-electron chi connectivity index (χ0n) is 19.2. The maximum absolute atomic E-state index is 13.9. The van der Waals surface area contributed by atoms with Gasteiger partial charge in [-0.05, 0) is 61.8 Å². The molecule has 1 unspecified atom stereocenters. The summed E-state index contributed by atoms with van der Waals surface area (Å²) in [5, 5.41) is 0.156. The number of halogens is 1. The lowest BCUT2D eigenvalue weighted by atomic mass is 9.86. The summed E-state index contributed by atoms with van der Waals surface area (Å²) in [5.74, 6) is -0.751. The Balaban J connectivity index is 1.86. The SMILES string of the molecule is CN(C)CCCN1C(=O)c2oc3ccc(F)cc3c(=O)c2C1c1ccc(C(C)(C)C)cc1. The van der Waals surface area contributed by atoms with Gasteiger partial charge in [0.25, 0.3) is 5.91 Å². The summed E-state index contributed by atoms with van der Waals surface area (Å²) in [7, 11) is 3.96. The van der Waals surface area contributed by atoms with Crippen LogP contribution in [-0.4, -0.2) is 42.9 Å². The third-order valence-electron chi connectivity index (χ3n) is 6.02. The first-order valence-electron chi connectivity index (χ1n) is 10.9. The van der Waals surface area contributed by atoms with E-state index < -0.39 is 11.9 Å². The summed E-state index contributed by atoms with van der Waals surface area (Å²) in [5.41, 5.74) is 2.16. The zero-order valence-corrected chi connectivity index (χ0v) is 19.2. The molecule has 3 aromatic rings. The van der Waals surface area contributed by atoms with Crippen LogP contribution in [-0.2, 0) is 5.41 Å². The van der Waals surface area contributed by atoms with Crippen molar-refractivity contribution in [2.45, 2.75) is 38.6 Å². The Bertz CT molecular complexity index is 1220. The maximum atomic E-state index is 13.9. The highest BCUT2D eigenvalue weighted by atomic mass is 19.1. The van der Waals surface area contributed by atoms with Gasteiger partial charge in [-0.2, -0.15) is 0 Å². The molecule has 1 aliphatic rings. The van der Waals surface area contributed by atoms with E-state index in [4.69, 9.17) is 4.42 Å². The van der Waals surface area contributed by atoms with Crippen molar-refractivity contribution in [1.29, 1.82) is 0 Å². The molecular weight excluding hydrogens is 407 g/mol. The minimum absolute atomic E-state index is 0.0138. The van der Waals surface area contributed by atoms with Crippen molar-refractivity contribution >= 4 is 16.9 Å². The first kappa shape index (κ1) is 22.2. The Hall–Kier alpha value is -2.99. The molecule has 0 radical (unpaired) electrons. The Kier molecular flexibility index (Phi) is 5.67. The van der Waals surface area contributed by atoms with Gasteiger partial charge in [0.2, 0.25) is 5.76 Å². The number of hydrogen-bond acceptors (Lipinski definition) is 4. The molecule has 1 aromatic heterocycles. The normalized spacial score (nSPS) is 16.3. The fraction of sp³-hybridized carbons (Fsp3) is 0.385. The monoisotopic (exact) mass is 436 g/mol. The van der Waals surface area contributed by atoms with Crippen LogP contribution < -0.4 is 5.43 Å². The topological polar surface area (TPSA) is 53.8 Å². The Labute approximate surface area is 187 Å². The molecule has 0 saturated carbocycles. The Morgan fingerprint density at radius 3 is 2.38 bits per heavy atom. The standard InChI is InChI=1S/C26H29FN2O3/c1-26(2,3)17-9-7-16(8-10-17)22-21-23(30)19-15-18(27)11-12-20(19)32-24(21)25(31)29(22)14-6-13-28(4)5/h7-12,15,22H,6,13-14H2,1-5H3. The highest BCUT2D eigenvalue weighted by Crippen LogP contribution is 2.39. The van der Waals surface area contributed by atoms with Crippen molar-refractivity contribution in [2.24, 2.45) is 0 Å². The van der Waals surface area contributed by atoms with Gasteiger partial charge < -0.3 is 14.2 Å². The molecule has 0 N–H and O–H groups in total. The molecule has 0 spiro atoms. The summed E-state index contributed by atoms with van der Waals surface area (Å²) in [6.07, 6.45) is 0.756. The predicted octanol–water partition coefficient (Wildman–Crippen LogP) is 4.73. The summed E-state index contributed by atoms with van der Waals surface area (Å²) >= 11 is 0. The second-order valence-corrected chi connectivity index (χ2v) is 9.74. The molecule has 0 saturated heterocycles. The molecule has 4 rings (SSSR count). The van der Waals surface area contributed by atoms with Gasteiger partial charge in [0.15, 0.2) is 5.43 Å². The van der Waals surface area contributed by atoms with Crippen LogP contribution in [0.2, 0.25) is 0 Å². The first-order valence-corrected chi connectivity index (χ1v) is 10.9. The molecule has 1 amide bonds. The molecule has 6 heteroatoms. The lowest BCUT2D eigenvalue weighted by molar-refractivity contribution is 0.0722. The van der Waals surface area contributed by atoms with Crippen LogP contribution in [0.1, 0.15) is 60.5 Å². The van der Waals surface area contributed by atoms with Crippen LogP contribution >= 0.6 is 0 Å². The van der Waals surface area contributed by atoms with Crippen LogP contribution in [0.3, 0.4) is 0 Å². The fourth-order valence-electron chi connectivity index (χ4n) is 4.29. The smallest absolute Gasteiger partial charge is 0.290 e. The van der Waals surface area contributed by atoms with Gasteiger partial charge in [0.05, 0.1) is 17.0 Å². The minimum Gasteiger partial charge on any atom is -0.450 e. The minimum atomic E-state index is -0.558. The van der Waals surface area contributed by atoms with E-state index in [-0.39, 0.29) is 33.5 Å². The van der Waals surface area contributed by atoms with Gasteiger partial charge in [0.1, 0.15) is 11.4 Å². The molecule has 5 nitrogen and oxygen atoms in total. The third kappa shape index (κ3) is 3.95. The zero-order chi connectivity index (χ0) is 23.2. The molecule has 1 aliphatic heterocycles. The Morgan fingerprint density at radius 2 is 1.75 bits per heavy atom. The maximum Gasteiger partial charge on any atom is 0.290 e. The van der Waals surface area contributed by atoms with Crippen molar-refractivity contribution in [3.05, 3.63) is 81.0 Å². The van der Waals surface area contributed by atoms with E-state index in [9.17, 15) is 14.0 Å². The van der Waals surface area contributed by atoms with Gasteiger partial charge >= 0.3 is 0 Å². The van der Waals surface area contributed by atoms with Crippen molar-refractivity contribution in [1.82, 2.24) is 9.80 Å². The largest absolute Gasteiger partial charge is 0.450 e. The number of fused-ring (bicyclic) bond motifs is 2. The van der Waals surface area contributed by atoms with E-state index in [0.29, 0.717) is 12.1 Å². The van der Waals surface area contributed by atoms with Gasteiger partial charge in [-0.3, -0.25) is 9.59 Å². The van der Waals surface area contributed by atoms with Crippen LogP contribution in [0.15, 0.2) is 51.7 Å². The third-order valence-corrected chi connectivity index (χ3v) is 6.02. The number of benzene rings is 2. The summed E-state index contributed by atoms with van der Waals surface area (Å²) in [6, 6.07) is 11.3. The molecule has 0 aliphatic carbocycles.